The van der Waals surface area contributed by atoms with E-state index in [0.29, 0.717) is 11.5 Å². The molecule has 0 aromatic heterocycles. The summed E-state index contributed by atoms with van der Waals surface area (Å²) in [5.74, 6) is 1.00. The summed E-state index contributed by atoms with van der Waals surface area (Å²) in [5.41, 5.74) is 4.33. The Hall–Kier alpha value is -1.04. The van der Waals surface area contributed by atoms with Gasteiger partial charge in [-0.1, -0.05) is 79.3 Å². The van der Waals surface area contributed by atoms with Gasteiger partial charge in [0.2, 0.25) is 0 Å². The minimum atomic E-state index is -1.54. The summed E-state index contributed by atoms with van der Waals surface area (Å²) in [7, 11) is -1.54. The first-order valence-electron chi connectivity index (χ1n) is 13.8. The van der Waals surface area contributed by atoms with Gasteiger partial charge in [0, 0.05) is 9.79 Å². The number of phenolic OH excluding ortho intramolecular Hbond substituents is 2. The third kappa shape index (κ3) is 8.50. The van der Waals surface area contributed by atoms with Crippen molar-refractivity contribution in [1.82, 2.24) is 0 Å². The SMILES string of the molecule is CCCC[Si](CCCC)(CSc1cc(CC)c(O)c(CC)c1)CSc1cc(CC)c(O)c(CC)c1. The highest BCUT2D eigenvalue weighted by Crippen LogP contribution is 2.38. The molecule has 2 N–H and O–H groups in total. The van der Waals surface area contributed by atoms with Crippen molar-refractivity contribution < 1.29 is 10.2 Å². The van der Waals surface area contributed by atoms with Crippen LogP contribution in [0.1, 0.15) is 89.5 Å². The van der Waals surface area contributed by atoms with Crippen molar-refractivity contribution in [3.63, 3.8) is 0 Å². The molecule has 2 rings (SSSR count). The molecule has 0 aliphatic carbocycles. The lowest BCUT2D eigenvalue weighted by molar-refractivity contribution is 0.461. The smallest absolute Gasteiger partial charge is 0.122 e. The van der Waals surface area contributed by atoms with E-state index in [4.69, 9.17) is 0 Å². The van der Waals surface area contributed by atoms with Crippen LogP contribution in [0.2, 0.25) is 12.1 Å². The fraction of sp³-hybridized carbons (Fsp3) is 0.600. The van der Waals surface area contributed by atoms with Crippen LogP contribution < -0.4 is 0 Å². The lowest BCUT2D eigenvalue weighted by Gasteiger charge is -2.32. The molecule has 0 saturated carbocycles. The Kier molecular flexibility index (Phi) is 13.2. The number of hydrogen-bond donors (Lipinski definition) is 2. The van der Waals surface area contributed by atoms with Crippen LogP contribution in [0.3, 0.4) is 0 Å². The van der Waals surface area contributed by atoms with Crippen LogP contribution in [0, 0.1) is 0 Å². The molecule has 0 amide bonds. The van der Waals surface area contributed by atoms with Gasteiger partial charge >= 0.3 is 0 Å². The van der Waals surface area contributed by atoms with Gasteiger partial charge in [0.1, 0.15) is 11.5 Å². The minimum absolute atomic E-state index is 0.501. The first kappa shape index (κ1) is 30.2. The summed E-state index contributed by atoms with van der Waals surface area (Å²) in [5, 5.41) is 23.6. The fourth-order valence-corrected chi connectivity index (χ4v) is 15.3. The van der Waals surface area contributed by atoms with Crippen molar-refractivity contribution in [1.29, 1.82) is 0 Å². The molecule has 196 valence electrons. The summed E-state index contributed by atoms with van der Waals surface area (Å²) >= 11 is 4.09. The molecule has 2 aromatic rings. The summed E-state index contributed by atoms with van der Waals surface area (Å²) in [4.78, 5) is 2.66. The molecule has 0 aliphatic rings. The monoisotopic (exact) mass is 532 g/mol. The highest BCUT2D eigenvalue weighted by Gasteiger charge is 2.32. The van der Waals surface area contributed by atoms with E-state index in [0.717, 1.165) is 47.9 Å². The Labute approximate surface area is 224 Å². The highest BCUT2D eigenvalue weighted by molar-refractivity contribution is 8.03. The van der Waals surface area contributed by atoms with Crippen molar-refractivity contribution in [2.75, 3.05) is 10.8 Å². The zero-order valence-corrected chi connectivity index (χ0v) is 25.6. The van der Waals surface area contributed by atoms with E-state index in [-0.39, 0.29) is 0 Å². The second-order valence-electron chi connectivity index (χ2n) is 9.88. The van der Waals surface area contributed by atoms with Gasteiger partial charge in [0.05, 0.1) is 8.07 Å². The third-order valence-electron chi connectivity index (χ3n) is 7.22. The van der Waals surface area contributed by atoms with E-state index in [9.17, 15) is 10.2 Å². The number of aromatic hydroxyl groups is 2. The van der Waals surface area contributed by atoms with Crippen molar-refractivity contribution in [3.8, 4) is 11.5 Å². The van der Waals surface area contributed by atoms with Gasteiger partial charge in [-0.2, -0.15) is 0 Å². The predicted molar refractivity (Wildman–Crippen MR) is 160 cm³/mol. The molecule has 0 saturated heterocycles. The molecule has 0 atom stereocenters. The molecule has 0 bridgehead atoms. The first-order valence-corrected chi connectivity index (χ1v) is 18.6. The molecular weight excluding hydrogens is 485 g/mol. The average Bonchev–Trinajstić information content (AvgIpc) is 2.88. The lowest BCUT2D eigenvalue weighted by Crippen LogP contribution is -2.41. The first-order chi connectivity index (χ1) is 16.9. The topological polar surface area (TPSA) is 40.5 Å². The summed E-state index contributed by atoms with van der Waals surface area (Å²) < 4.78 is 0. The molecule has 0 fully saturated rings. The highest BCUT2D eigenvalue weighted by atomic mass is 32.2. The number of unbranched alkanes of at least 4 members (excludes halogenated alkanes) is 2. The number of rotatable bonds is 16. The van der Waals surface area contributed by atoms with E-state index in [2.05, 4.69) is 65.8 Å². The number of thioether (sulfide) groups is 2. The van der Waals surface area contributed by atoms with Gasteiger partial charge in [-0.3, -0.25) is 0 Å². The number of benzene rings is 2. The maximum Gasteiger partial charge on any atom is 0.122 e. The van der Waals surface area contributed by atoms with Crippen molar-refractivity contribution in [2.24, 2.45) is 0 Å². The van der Waals surface area contributed by atoms with Crippen LogP contribution in [0.4, 0.5) is 0 Å². The van der Waals surface area contributed by atoms with Gasteiger partial charge in [-0.15, -0.1) is 23.5 Å². The van der Waals surface area contributed by atoms with Gasteiger partial charge in [0.15, 0.2) is 0 Å². The zero-order chi connectivity index (χ0) is 25.8. The Morgan fingerprint density at radius 1 is 0.571 bits per heavy atom. The molecular formula is C30H48O2S2Si. The van der Waals surface area contributed by atoms with Gasteiger partial charge in [-0.25, -0.2) is 0 Å². The van der Waals surface area contributed by atoms with E-state index in [1.165, 1.54) is 58.3 Å². The van der Waals surface area contributed by atoms with Gasteiger partial charge in [-0.05, 0) is 83.0 Å². The maximum atomic E-state index is 10.6. The van der Waals surface area contributed by atoms with E-state index in [1.54, 1.807) is 0 Å². The average molecular weight is 533 g/mol. The molecule has 0 spiro atoms. The summed E-state index contributed by atoms with van der Waals surface area (Å²) in [6, 6.07) is 11.7. The molecule has 0 radical (unpaired) electrons. The number of aryl methyl sites for hydroxylation is 4. The lowest BCUT2D eigenvalue weighted by atomic mass is 10.1. The Morgan fingerprint density at radius 3 is 1.14 bits per heavy atom. The number of hydrogen-bond acceptors (Lipinski definition) is 4. The third-order valence-corrected chi connectivity index (χ3v) is 17.2. The van der Waals surface area contributed by atoms with Crippen molar-refractivity contribution >= 4 is 31.6 Å². The molecule has 0 unspecified atom stereocenters. The molecule has 5 heteroatoms. The predicted octanol–water partition coefficient (Wildman–Crippen LogP) is 9.36. The van der Waals surface area contributed by atoms with Crippen LogP contribution in [-0.4, -0.2) is 29.0 Å². The van der Waals surface area contributed by atoms with E-state index >= 15 is 0 Å². The molecule has 2 aromatic carbocycles. The second-order valence-corrected chi connectivity index (χ2v) is 17.7. The quantitative estimate of drug-likeness (QED) is 0.167. The van der Waals surface area contributed by atoms with Gasteiger partial charge in [0.25, 0.3) is 0 Å². The van der Waals surface area contributed by atoms with E-state index in [1.807, 2.05) is 23.5 Å². The second kappa shape index (κ2) is 15.3. The largest absolute Gasteiger partial charge is 0.507 e. The van der Waals surface area contributed by atoms with Crippen LogP contribution in [0.15, 0.2) is 34.1 Å². The summed E-state index contributed by atoms with van der Waals surface area (Å²) in [6.07, 6.45) is 8.65. The Balaban J connectivity index is 2.32. The van der Waals surface area contributed by atoms with Crippen LogP contribution in [0.25, 0.3) is 0 Å². The van der Waals surface area contributed by atoms with Gasteiger partial charge < -0.3 is 10.2 Å². The Bertz CT molecular complexity index is 803. The van der Waals surface area contributed by atoms with Crippen molar-refractivity contribution in [2.45, 2.75) is 115 Å². The molecule has 0 heterocycles. The molecule has 2 nitrogen and oxygen atoms in total. The fourth-order valence-electron chi connectivity index (χ4n) is 4.73. The zero-order valence-electron chi connectivity index (χ0n) is 23.0. The Morgan fingerprint density at radius 2 is 0.886 bits per heavy atom. The van der Waals surface area contributed by atoms with Crippen LogP contribution in [0.5, 0.6) is 11.5 Å². The number of phenols is 2. The standard InChI is InChI=1S/C30H48O2S2Si/c1-7-13-15-35(16-14-8-2,21-33-27-17-23(9-3)29(31)24(10-4)18-27)22-34-28-19-25(11-5)30(32)26(12-6)20-28/h17-20,31-32H,7-16,21-22H2,1-6H3. The normalized spacial score (nSPS) is 11.8. The molecule has 35 heavy (non-hydrogen) atoms. The molecule has 0 aliphatic heterocycles. The van der Waals surface area contributed by atoms with E-state index < -0.39 is 8.07 Å². The minimum Gasteiger partial charge on any atom is -0.507 e. The maximum absolute atomic E-state index is 10.6. The van der Waals surface area contributed by atoms with Crippen LogP contribution >= 0.6 is 23.5 Å². The van der Waals surface area contributed by atoms with Crippen molar-refractivity contribution in [3.05, 3.63) is 46.5 Å². The van der Waals surface area contributed by atoms with Crippen LogP contribution in [-0.2, 0) is 25.7 Å². The summed E-state index contributed by atoms with van der Waals surface area (Å²) in [6.45, 7) is 13.2.